The van der Waals surface area contributed by atoms with E-state index in [-0.39, 0.29) is 12.1 Å². The third kappa shape index (κ3) is 3.74. The van der Waals surface area contributed by atoms with Crippen LogP contribution in [0.3, 0.4) is 0 Å². The van der Waals surface area contributed by atoms with Gasteiger partial charge in [-0.1, -0.05) is 38.7 Å². The molecule has 1 aromatic carbocycles. The predicted molar refractivity (Wildman–Crippen MR) is 82.1 cm³/mol. The smallest absolute Gasteiger partial charge is 0.119 e. The van der Waals surface area contributed by atoms with Crippen molar-refractivity contribution in [1.82, 2.24) is 0 Å². The molecule has 0 saturated heterocycles. The molecule has 0 aromatic heterocycles. The number of benzene rings is 1. The quantitative estimate of drug-likeness (QED) is 0.738. The van der Waals surface area contributed by atoms with Gasteiger partial charge in [-0.15, -0.1) is 0 Å². The van der Waals surface area contributed by atoms with E-state index >= 15 is 0 Å². The number of nitrogens with two attached hydrogens (primary N) is 1. The molecule has 2 unspecified atom stereocenters. The van der Waals surface area contributed by atoms with Crippen LogP contribution in [-0.2, 0) is 11.2 Å². The molecule has 1 aliphatic carbocycles. The van der Waals surface area contributed by atoms with Gasteiger partial charge in [-0.2, -0.15) is 0 Å². The molecule has 0 spiro atoms. The van der Waals surface area contributed by atoms with Crippen LogP contribution in [0.25, 0.3) is 0 Å². The molecular formula is C17H27NO2. The fourth-order valence-electron chi connectivity index (χ4n) is 2.84. The lowest BCUT2D eigenvalue weighted by Gasteiger charge is -2.17. The van der Waals surface area contributed by atoms with Crippen molar-refractivity contribution >= 4 is 0 Å². The van der Waals surface area contributed by atoms with Crippen LogP contribution in [0.5, 0.6) is 5.75 Å². The van der Waals surface area contributed by atoms with Gasteiger partial charge in [0.15, 0.2) is 0 Å². The summed E-state index contributed by atoms with van der Waals surface area (Å²) in [4.78, 5) is 0. The maximum absolute atomic E-state index is 6.30. The Labute approximate surface area is 122 Å². The number of unbranched alkanes of at least 4 members (excludes halogenated alkanes) is 4. The summed E-state index contributed by atoms with van der Waals surface area (Å²) in [6.07, 6.45) is 7.38. The summed E-state index contributed by atoms with van der Waals surface area (Å²) in [6, 6.07) is 6.14. The maximum atomic E-state index is 6.30. The molecule has 0 fully saturated rings. The number of hydrogen-bond donors (Lipinski definition) is 1. The van der Waals surface area contributed by atoms with E-state index in [1.165, 1.54) is 36.8 Å². The van der Waals surface area contributed by atoms with Gasteiger partial charge in [-0.3, -0.25) is 0 Å². The highest BCUT2D eigenvalue weighted by molar-refractivity contribution is 5.42. The van der Waals surface area contributed by atoms with Gasteiger partial charge in [0.25, 0.3) is 0 Å². The van der Waals surface area contributed by atoms with Crippen molar-refractivity contribution in [1.29, 1.82) is 0 Å². The van der Waals surface area contributed by atoms with E-state index in [0.29, 0.717) is 0 Å². The molecule has 1 aromatic rings. The molecule has 2 atom stereocenters. The Balaban J connectivity index is 1.78. The maximum Gasteiger partial charge on any atom is 0.119 e. The molecule has 20 heavy (non-hydrogen) atoms. The first-order chi connectivity index (χ1) is 9.76. The van der Waals surface area contributed by atoms with Crippen molar-refractivity contribution < 1.29 is 9.47 Å². The van der Waals surface area contributed by atoms with E-state index < -0.39 is 0 Å². The molecule has 0 amide bonds. The number of methoxy groups -OCH3 is 1. The highest BCUT2D eigenvalue weighted by Crippen LogP contribution is 2.34. The second-order valence-electron chi connectivity index (χ2n) is 5.62. The Morgan fingerprint density at radius 2 is 2.00 bits per heavy atom. The Kier molecular flexibility index (Phi) is 5.86. The molecule has 0 saturated carbocycles. The van der Waals surface area contributed by atoms with Crippen molar-refractivity contribution in [2.75, 3.05) is 13.7 Å². The van der Waals surface area contributed by atoms with Crippen molar-refractivity contribution in [3.05, 3.63) is 29.3 Å². The second kappa shape index (κ2) is 7.65. The molecule has 0 bridgehead atoms. The van der Waals surface area contributed by atoms with Crippen LogP contribution in [0.4, 0.5) is 0 Å². The Hall–Kier alpha value is -1.06. The van der Waals surface area contributed by atoms with Crippen molar-refractivity contribution in [3.8, 4) is 5.75 Å². The molecule has 3 heteroatoms. The number of fused-ring (bicyclic) bond motifs is 1. The van der Waals surface area contributed by atoms with Crippen LogP contribution in [0, 0.1) is 0 Å². The van der Waals surface area contributed by atoms with Crippen molar-refractivity contribution in [3.63, 3.8) is 0 Å². The molecule has 0 radical (unpaired) electrons. The van der Waals surface area contributed by atoms with E-state index in [2.05, 4.69) is 13.0 Å². The Morgan fingerprint density at radius 3 is 2.75 bits per heavy atom. The van der Waals surface area contributed by atoms with Crippen LogP contribution in [-0.4, -0.2) is 19.8 Å². The molecule has 112 valence electrons. The largest absolute Gasteiger partial charge is 0.497 e. The first-order valence-corrected chi connectivity index (χ1v) is 7.80. The van der Waals surface area contributed by atoms with Crippen molar-refractivity contribution in [2.45, 2.75) is 57.6 Å². The SMILES string of the molecule is CCCCCCCOC1Cc2ccc(OC)cc2C1N. The molecule has 1 aliphatic rings. The minimum atomic E-state index is -0.0178. The fraction of sp³-hybridized carbons (Fsp3) is 0.647. The zero-order valence-corrected chi connectivity index (χ0v) is 12.7. The summed E-state index contributed by atoms with van der Waals surface area (Å²) in [7, 11) is 1.69. The van der Waals surface area contributed by atoms with Crippen LogP contribution in [0.1, 0.15) is 56.2 Å². The lowest BCUT2D eigenvalue weighted by atomic mass is 10.1. The molecule has 0 aliphatic heterocycles. The zero-order valence-electron chi connectivity index (χ0n) is 12.7. The minimum absolute atomic E-state index is 0.0178. The van der Waals surface area contributed by atoms with Gasteiger partial charge in [0, 0.05) is 13.0 Å². The standard InChI is InChI=1S/C17H27NO2/c1-3-4-5-6-7-10-20-16-11-13-8-9-14(19-2)12-15(13)17(16)18/h8-9,12,16-17H,3-7,10-11,18H2,1-2H3. The third-order valence-corrected chi connectivity index (χ3v) is 4.11. The summed E-state index contributed by atoms with van der Waals surface area (Å²) in [6.45, 7) is 3.06. The van der Waals surface area contributed by atoms with E-state index in [0.717, 1.165) is 25.2 Å². The fourth-order valence-corrected chi connectivity index (χ4v) is 2.84. The van der Waals surface area contributed by atoms with E-state index in [9.17, 15) is 0 Å². The van der Waals surface area contributed by atoms with Crippen molar-refractivity contribution in [2.24, 2.45) is 5.73 Å². The molecule has 2 N–H and O–H groups in total. The van der Waals surface area contributed by atoms with Gasteiger partial charge in [0.1, 0.15) is 5.75 Å². The number of hydrogen-bond acceptors (Lipinski definition) is 3. The first-order valence-electron chi connectivity index (χ1n) is 7.80. The molecule has 0 heterocycles. The second-order valence-corrected chi connectivity index (χ2v) is 5.62. The lowest BCUT2D eigenvalue weighted by Crippen LogP contribution is -2.25. The number of ether oxygens (including phenoxy) is 2. The molecule has 3 nitrogen and oxygen atoms in total. The van der Waals surface area contributed by atoms with E-state index in [1.807, 2.05) is 12.1 Å². The predicted octanol–water partition coefficient (Wildman–Crippen LogP) is 3.61. The summed E-state index contributed by atoms with van der Waals surface area (Å²) in [5.41, 5.74) is 8.78. The molecular weight excluding hydrogens is 250 g/mol. The van der Waals surface area contributed by atoms with Gasteiger partial charge in [0.2, 0.25) is 0 Å². The van der Waals surface area contributed by atoms with Gasteiger partial charge in [-0.25, -0.2) is 0 Å². The average Bonchev–Trinajstić information content (AvgIpc) is 2.79. The average molecular weight is 277 g/mol. The van der Waals surface area contributed by atoms with Gasteiger partial charge in [-0.05, 0) is 29.7 Å². The lowest BCUT2D eigenvalue weighted by molar-refractivity contribution is 0.0411. The highest BCUT2D eigenvalue weighted by Gasteiger charge is 2.30. The Bertz CT molecular complexity index is 419. The van der Waals surface area contributed by atoms with Crippen LogP contribution in [0.15, 0.2) is 18.2 Å². The van der Waals surface area contributed by atoms with Crippen LogP contribution < -0.4 is 10.5 Å². The highest BCUT2D eigenvalue weighted by atomic mass is 16.5. The summed E-state index contributed by atoms with van der Waals surface area (Å²) in [5.74, 6) is 0.874. The summed E-state index contributed by atoms with van der Waals surface area (Å²) < 4.78 is 11.2. The first kappa shape index (κ1) is 15.3. The Morgan fingerprint density at radius 1 is 1.20 bits per heavy atom. The minimum Gasteiger partial charge on any atom is -0.497 e. The zero-order chi connectivity index (χ0) is 14.4. The monoisotopic (exact) mass is 277 g/mol. The van der Waals surface area contributed by atoms with Gasteiger partial charge >= 0.3 is 0 Å². The van der Waals surface area contributed by atoms with E-state index in [1.54, 1.807) is 7.11 Å². The van der Waals surface area contributed by atoms with Gasteiger partial charge < -0.3 is 15.2 Å². The topological polar surface area (TPSA) is 44.5 Å². The number of rotatable bonds is 8. The summed E-state index contributed by atoms with van der Waals surface area (Å²) in [5, 5.41) is 0. The van der Waals surface area contributed by atoms with Gasteiger partial charge in [0.05, 0.1) is 19.3 Å². The van der Waals surface area contributed by atoms with Crippen LogP contribution in [0.2, 0.25) is 0 Å². The molecule has 2 rings (SSSR count). The summed E-state index contributed by atoms with van der Waals surface area (Å²) >= 11 is 0. The normalized spacial score (nSPS) is 20.9. The van der Waals surface area contributed by atoms with Crippen LogP contribution >= 0.6 is 0 Å². The third-order valence-electron chi connectivity index (χ3n) is 4.11. The van der Waals surface area contributed by atoms with E-state index in [4.69, 9.17) is 15.2 Å².